The Balaban J connectivity index is 1.81. The predicted molar refractivity (Wildman–Crippen MR) is 135 cm³/mol. The van der Waals surface area contributed by atoms with Crippen molar-refractivity contribution in [1.29, 1.82) is 5.26 Å². The molecule has 4 aromatic carbocycles. The first-order valence-corrected chi connectivity index (χ1v) is 10.6. The maximum Gasteiger partial charge on any atom is 0.0991 e. The molecule has 5 aromatic rings. The minimum atomic E-state index is -2.49. The highest BCUT2D eigenvalue weighted by molar-refractivity contribution is 6.25. The Morgan fingerprint density at radius 1 is 0.875 bits per heavy atom. The number of hydrogen-bond donors (Lipinski definition) is 0. The first kappa shape index (κ1) is 15.2. The van der Waals surface area contributed by atoms with Crippen molar-refractivity contribution in [1.82, 2.24) is 4.98 Å². The maximum atomic E-state index is 9.47. The van der Waals surface area contributed by atoms with Crippen LogP contribution in [0.2, 0.25) is 0 Å². The van der Waals surface area contributed by atoms with Gasteiger partial charge in [0.05, 0.1) is 17.3 Å². The van der Waals surface area contributed by atoms with E-state index < -0.39 is 18.6 Å². The standard InChI is InChI=1S/C30H26N2/c1-19-18-32-29(15-22(19)16-30(2,3)4)21-10-12-25-23-7-5-6-8-24(23)27-13-20(17-31)9-11-26(27)28(25)14-21/h5-15,18H,16H2,1-4H3/i1D3,16D2. The second kappa shape index (κ2) is 7.46. The molecule has 0 aliphatic carbocycles. The lowest BCUT2D eigenvalue weighted by Crippen LogP contribution is -2.10. The highest BCUT2D eigenvalue weighted by Crippen LogP contribution is 2.37. The zero-order chi connectivity index (χ0) is 26.8. The Morgan fingerprint density at radius 2 is 1.53 bits per heavy atom. The van der Waals surface area contributed by atoms with Crippen LogP contribution in [-0.4, -0.2) is 4.98 Å². The van der Waals surface area contributed by atoms with Gasteiger partial charge in [-0.25, -0.2) is 0 Å². The van der Waals surface area contributed by atoms with Crippen LogP contribution in [0.1, 0.15) is 44.3 Å². The average molecular weight is 420 g/mol. The summed E-state index contributed by atoms with van der Waals surface area (Å²) >= 11 is 0. The molecule has 2 heteroatoms. The number of rotatable bonds is 2. The molecule has 0 aliphatic rings. The first-order chi connectivity index (χ1) is 17.3. The van der Waals surface area contributed by atoms with Crippen molar-refractivity contribution < 1.29 is 6.85 Å². The third-order valence-corrected chi connectivity index (χ3v) is 5.68. The molecule has 0 fully saturated rings. The van der Waals surface area contributed by atoms with Crippen molar-refractivity contribution >= 4 is 32.3 Å². The van der Waals surface area contributed by atoms with E-state index in [9.17, 15) is 5.26 Å². The first-order valence-electron chi connectivity index (χ1n) is 13.1. The Labute approximate surface area is 196 Å². The molecule has 32 heavy (non-hydrogen) atoms. The molecule has 2 nitrogen and oxygen atoms in total. The summed E-state index contributed by atoms with van der Waals surface area (Å²) in [6.45, 7) is 2.80. The lowest BCUT2D eigenvalue weighted by molar-refractivity contribution is 0.410. The summed E-state index contributed by atoms with van der Waals surface area (Å²) in [7, 11) is 0. The van der Waals surface area contributed by atoms with Crippen molar-refractivity contribution in [3.63, 3.8) is 0 Å². The summed E-state index contributed by atoms with van der Waals surface area (Å²) in [5.74, 6) is 0. The second-order valence-corrected chi connectivity index (χ2v) is 9.17. The number of benzene rings is 4. The van der Waals surface area contributed by atoms with Gasteiger partial charge in [-0.2, -0.15) is 5.26 Å². The van der Waals surface area contributed by atoms with E-state index in [1.807, 2.05) is 48.5 Å². The van der Waals surface area contributed by atoms with Crippen molar-refractivity contribution in [2.75, 3.05) is 0 Å². The summed E-state index contributed by atoms with van der Waals surface area (Å²) in [4.78, 5) is 4.48. The molecular formula is C30H26N2. The molecule has 0 saturated carbocycles. The summed E-state index contributed by atoms with van der Waals surface area (Å²) < 4.78 is 41.6. The fraction of sp³-hybridized carbons (Fsp3) is 0.200. The minimum Gasteiger partial charge on any atom is -0.256 e. The molecule has 156 valence electrons. The van der Waals surface area contributed by atoms with Gasteiger partial charge >= 0.3 is 0 Å². The van der Waals surface area contributed by atoms with E-state index in [0.29, 0.717) is 11.3 Å². The Kier molecular flexibility index (Phi) is 3.54. The van der Waals surface area contributed by atoms with Crippen LogP contribution in [-0.2, 0) is 6.37 Å². The number of nitriles is 1. The van der Waals surface area contributed by atoms with Crippen LogP contribution < -0.4 is 0 Å². The summed E-state index contributed by atoms with van der Waals surface area (Å²) in [5, 5.41) is 15.6. The van der Waals surface area contributed by atoms with Crippen molar-refractivity contribution in [3.05, 3.63) is 89.6 Å². The molecule has 1 heterocycles. The molecule has 0 radical (unpaired) electrons. The van der Waals surface area contributed by atoms with Crippen LogP contribution in [0.3, 0.4) is 0 Å². The van der Waals surface area contributed by atoms with Gasteiger partial charge in [-0.1, -0.05) is 63.2 Å². The lowest BCUT2D eigenvalue weighted by atomic mass is 9.86. The second-order valence-electron chi connectivity index (χ2n) is 9.17. The third-order valence-electron chi connectivity index (χ3n) is 5.68. The summed E-state index contributed by atoms with van der Waals surface area (Å²) in [6, 6.07) is 23.6. The van der Waals surface area contributed by atoms with Gasteiger partial charge in [0, 0.05) is 18.6 Å². The Bertz CT molecular complexity index is 1740. The number of hydrogen-bond acceptors (Lipinski definition) is 2. The van der Waals surface area contributed by atoms with Crippen molar-refractivity contribution in [2.24, 2.45) is 5.41 Å². The minimum absolute atomic E-state index is 0.0718. The highest BCUT2D eigenvalue weighted by atomic mass is 14.7. The van der Waals surface area contributed by atoms with E-state index in [-0.39, 0.29) is 11.1 Å². The van der Waals surface area contributed by atoms with Gasteiger partial charge in [-0.3, -0.25) is 4.98 Å². The van der Waals surface area contributed by atoms with Crippen LogP contribution in [0, 0.1) is 23.6 Å². The van der Waals surface area contributed by atoms with Gasteiger partial charge in [0.2, 0.25) is 0 Å². The molecule has 0 amide bonds. The van der Waals surface area contributed by atoms with Gasteiger partial charge in [0.1, 0.15) is 0 Å². The fourth-order valence-electron chi connectivity index (χ4n) is 4.31. The number of nitrogens with zero attached hydrogens (tertiary/aromatic N) is 2. The van der Waals surface area contributed by atoms with E-state index in [1.54, 1.807) is 26.8 Å². The molecule has 0 atom stereocenters. The highest BCUT2D eigenvalue weighted by Gasteiger charge is 2.15. The van der Waals surface area contributed by atoms with Gasteiger partial charge in [-0.15, -0.1) is 0 Å². The quantitative estimate of drug-likeness (QED) is 0.272. The summed E-state index contributed by atoms with van der Waals surface area (Å²) in [6.07, 6.45) is -0.606. The Hall–Kier alpha value is -3.70. The monoisotopic (exact) mass is 419 g/mol. The third kappa shape index (κ3) is 3.51. The summed E-state index contributed by atoms with van der Waals surface area (Å²) in [5.41, 5.74) is 1.08. The molecule has 0 saturated heterocycles. The van der Waals surface area contributed by atoms with Gasteiger partial charge in [0.25, 0.3) is 0 Å². The number of fused-ring (bicyclic) bond motifs is 6. The molecule has 1 aromatic heterocycles. The number of aryl methyl sites for hydroxylation is 1. The van der Waals surface area contributed by atoms with Crippen molar-refractivity contribution in [2.45, 2.75) is 34.0 Å². The van der Waals surface area contributed by atoms with Crippen LogP contribution >= 0.6 is 0 Å². The zero-order valence-corrected chi connectivity index (χ0v) is 18.3. The zero-order valence-electron chi connectivity index (χ0n) is 23.3. The lowest BCUT2D eigenvalue weighted by Gasteiger charge is -2.20. The number of pyridine rings is 1. The van der Waals surface area contributed by atoms with E-state index in [1.165, 1.54) is 6.20 Å². The van der Waals surface area contributed by atoms with Crippen LogP contribution in [0.25, 0.3) is 43.6 Å². The molecular weight excluding hydrogens is 388 g/mol. The molecule has 0 aliphatic heterocycles. The predicted octanol–water partition coefficient (Wildman–Crippen LogP) is 7.98. The number of aromatic nitrogens is 1. The average Bonchev–Trinajstić information content (AvgIpc) is 2.86. The molecule has 5 rings (SSSR count). The van der Waals surface area contributed by atoms with E-state index in [0.717, 1.165) is 37.9 Å². The normalized spacial score (nSPS) is 15.0. The van der Waals surface area contributed by atoms with Gasteiger partial charge in [-0.05, 0) is 86.3 Å². The van der Waals surface area contributed by atoms with Gasteiger partial charge in [0.15, 0.2) is 0 Å². The molecule has 0 spiro atoms. The van der Waals surface area contributed by atoms with E-state index >= 15 is 0 Å². The largest absolute Gasteiger partial charge is 0.256 e. The maximum absolute atomic E-state index is 9.47. The molecule has 0 bridgehead atoms. The van der Waals surface area contributed by atoms with Crippen molar-refractivity contribution in [3.8, 4) is 17.3 Å². The molecule has 0 N–H and O–H groups in total. The van der Waals surface area contributed by atoms with Crippen LogP contribution in [0.4, 0.5) is 0 Å². The van der Waals surface area contributed by atoms with Gasteiger partial charge < -0.3 is 0 Å². The van der Waals surface area contributed by atoms with Crippen LogP contribution in [0.15, 0.2) is 72.9 Å². The van der Waals surface area contributed by atoms with Crippen LogP contribution in [0.5, 0.6) is 0 Å². The SMILES string of the molecule is [2H]C([2H])([2H])c1cnc(-c2ccc3c4ccccc4c4cc(C#N)ccc4c3c2)cc1C([2H])([2H])C(C)(C)C. The molecule has 0 unspecified atom stereocenters. The van der Waals surface area contributed by atoms with E-state index in [2.05, 4.69) is 23.2 Å². The smallest absolute Gasteiger partial charge is 0.0991 e. The Morgan fingerprint density at radius 3 is 2.25 bits per heavy atom. The van der Waals surface area contributed by atoms with E-state index in [4.69, 9.17) is 6.85 Å². The fourth-order valence-corrected chi connectivity index (χ4v) is 4.31. The topological polar surface area (TPSA) is 36.7 Å².